The van der Waals surface area contributed by atoms with Gasteiger partial charge in [0.05, 0.1) is 0 Å². The second-order valence-electron chi connectivity index (χ2n) is 7.01. The highest BCUT2D eigenvalue weighted by molar-refractivity contribution is 5.89. The van der Waals surface area contributed by atoms with Crippen molar-refractivity contribution < 1.29 is 14.3 Å². The van der Waals surface area contributed by atoms with Gasteiger partial charge in [-0.15, -0.1) is 0 Å². The van der Waals surface area contributed by atoms with Crippen molar-refractivity contribution in [3.05, 3.63) is 59.9 Å². The molecule has 0 saturated heterocycles. The highest BCUT2D eigenvalue weighted by Crippen LogP contribution is 2.11. The largest absolute Gasteiger partial charge is 0.444 e. The summed E-state index contributed by atoms with van der Waals surface area (Å²) in [6.07, 6.45) is 1.91. The maximum absolute atomic E-state index is 12.0. The third-order valence-electron chi connectivity index (χ3n) is 3.41. The van der Waals surface area contributed by atoms with Crippen LogP contribution in [0.4, 0.5) is 15.3 Å². The van der Waals surface area contributed by atoms with Gasteiger partial charge in [0.25, 0.3) is 0 Å². The molecule has 0 bridgehead atoms. The van der Waals surface area contributed by atoms with Crippen molar-refractivity contribution in [1.29, 1.82) is 0 Å². The fraction of sp³-hybridized carbons (Fsp3) is 0.350. The van der Waals surface area contributed by atoms with Crippen LogP contribution in [0.5, 0.6) is 0 Å². The number of benzene rings is 1. The number of urea groups is 1. The minimum Gasteiger partial charge on any atom is -0.444 e. The normalized spacial score (nSPS) is 10.8. The number of alkyl carbamates (subject to hydrolysis) is 1. The molecule has 0 atom stereocenters. The maximum atomic E-state index is 12.0. The summed E-state index contributed by atoms with van der Waals surface area (Å²) in [5.41, 5.74) is 1.88. The van der Waals surface area contributed by atoms with Gasteiger partial charge in [0.15, 0.2) is 0 Å². The number of aromatic nitrogens is 1. The zero-order valence-corrected chi connectivity index (χ0v) is 15.9. The van der Waals surface area contributed by atoms with Gasteiger partial charge in [0, 0.05) is 37.1 Å². The molecule has 1 heterocycles. The fourth-order valence-corrected chi connectivity index (χ4v) is 2.27. The van der Waals surface area contributed by atoms with Crippen molar-refractivity contribution in [2.75, 3.05) is 11.9 Å². The Morgan fingerprint density at radius 1 is 1.07 bits per heavy atom. The number of carbonyl (C=O) groups is 2. The Balaban J connectivity index is 1.77. The molecule has 7 nitrogen and oxygen atoms in total. The van der Waals surface area contributed by atoms with E-state index < -0.39 is 11.7 Å². The number of carbonyl (C=O) groups excluding carboxylic acids is 2. The molecule has 27 heavy (non-hydrogen) atoms. The summed E-state index contributed by atoms with van der Waals surface area (Å²) in [5.74, 6) is 0. The average Bonchev–Trinajstić information content (AvgIpc) is 2.60. The number of nitrogens with one attached hydrogen (secondary N) is 3. The zero-order valence-electron chi connectivity index (χ0n) is 15.9. The lowest BCUT2D eigenvalue weighted by molar-refractivity contribution is 0.0523. The molecule has 0 saturated carbocycles. The molecule has 0 aliphatic heterocycles. The first kappa shape index (κ1) is 20.2. The Morgan fingerprint density at radius 3 is 2.59 bits per heavy atom. The molecule has 0 aliphatic carbocycles. The van der Waals surface area contributed by atoms with Crippen molar-refractivity contribution in [1.82, 2.24) is 15.6 Å². The third-order valence-corrected chi connectivity index (χ3v) is 3.41. The van der Waals surface area contributed by atoms with E-state index >= 15 is 0 Å². The molecule has 0 fully saturated rings. The minimum absolute atomic E-state index is 0.289. The van der Waals surface area contributed by atoms with Crippen LogP contribution in [0.15, 0.2) is 48.7 Å². The summed E-state index contributed by atoms with van der Waals surface area (Å²) < 4.78 is 5.20. The van der Waals surface area contributed by atoms with E-state index in [1.165, 1.54) is 0 Å². The van der Waals surface area contributed by atoms with Crippen LogP contribution in [0.25, 0.3) is 0 Å². The Hall–Kier alpha value is -3.09. The lowest BCUT2D eigenvalue weighted by Crippen LogP contribution is -2.32. The highest BCUT2D eigenvalue weighted by atomic mass is 16.6. The lowest BCUT2D eigenvalue weighted by Gasteiger charge is -2.19. The van der Waals surface area contributed by atoms with Crippen LogP contribution in [0.2, 0.25) is 0 Å². The van der Waals surface area contributed by atoms with Gasteiger partial charge in [-0.2, -0.15) is 0 Å². The van der Waals surface area contributed by atoms with Crippen LogP contribution in [0, 0.1) is 0 Å². The average molecular weight is 370 g/mol. The highest BCUT2D eigenvalue weighted by Gasteiger charge is 2.15. The van der Waals surface area contributed by atoms with Crippen LogP contribution in [0.1, 0.15) is 32.0 Å². The maximum Gasteiger partial charge on any atom is 0.407 e. The minimum atomic E-state index is -0.541. The number of pyridine rings is 1. The standard InChI is InChI=1S/C20H26N4O3/c1-20(2,3)27-19(26)23-14-15-7-6-9-17(13-15)24-18(25)22-12-10-16-8-4-5-11-21-16/h4-9,11,13H,10,12,14H2,1-3H3,(H,23,26)(H2,22,24,25). The molecule has 3 N–H and O–H groups in total. The number of nitrogens with zero attached hydrogens (tertiary/aromatic N) is 1. The van der Waals surface area contributed by atoms with Crippen LogP contribution < -0.4 is 16.0 Å². The molecule has 0 unspecified atom stereocenters. The zero-order chi connectivity index (χ0) is 19.7. The molecule has 0 spiro atoms. The first-order valence-corrected chi connectivity index (χ1v) is 8.82. The SMILES string of the molecule is CC(C)(C)OC(=O)NCc1cccc(NC(=O)NCCc2ccccn2)c1. The Bertz CT molecular complexity index is 757. The van der Waals surface area contributed by atoms with E-state index in [0.717, 1.165) is 11.3 Å². The summed E-state index contributed by atoms with van der Waals surface area (Å²) in [6, 6.07) is 12.7. The number of amides is 3. The van der Waals surface area contributed by atoms with Gasteiger partial charge in [0.2, 0.25) is 0 Å². The molecular weight excluding hydrogens is 344 g/mol. The van der Waals surface area contributed by atoms with Crippen molar-refractivity contribution in [3.63, 3.8) is 0 Å². The van der Waals surface area contributed by atoms with E-state index in [4.69, 9.17) is 4.74 Å². The predicted molar refractivity (Wildman–Crippen MR) is 104 cm³/mol. The fourth-order valence-electron chi connectivity index (χ4n) is 2.27. The molecule has 3 amide bonds. The van der Waals surface area contributed by atoms with E-state index in [1.807, 2.05) is 51.1 Å². The molecule has 144 valence electrons. The van der Waals surface area contributed by atoms with Crippen molar-refractivity contribution in [2.24, 2.45) is 0 Å². The van der Waals surface area contributed by atoms with Gasteiger partial charge in [-0.1, -0.05) is 18.2 Å². The van der Waals surface area contributed by atoms with Crippen LogP contribution in [-0.4, -0.2) is 29.3 Å². The number of hydrogen-bond donors (Lipinski definition) is 3. The van der Waals surface area contributed by atoms with E-state index in [2.05, 4.69) is 20.9 Å². The lowest BCUT2D eigenvalue weighted by atomic mass is 10.2. The second kappa shape index (κ2) is 9.56. The summed E-state index contributed by atoms with van der Waals surface area (Å²) in [7, 11) is 0. The first-order chi connectivity index (χ1) is 12.8. The molecule has 2 aromatic rings. The Morgan fingerprint density at radius 2 is 1.89 bits per heavy atom. The third kappa shape index (κ3) is 8.22. The van der Waals surface area contributed by atoms with E-state index in [-0.39, 0.29) is 6.03 Å². The van der Waals surface area contributed by atoms with E-state index in [0.29, 0.717) is 25.2 Å². The molecule has 0 radical (unpaired) electrons. The van der Waals surface area contributed by atoms with E-state index in [1.54, 1.807) is 18.3 Å². The predicted octanol–water partition coefficient (Wildman–Crippen LogP) is 3.47. The number of hydrogen-bond acceptors (Lipinski definition) is 4. The Labute approximate surface area is 159 Å². The van der Waals surface area contributed by atoms with Gasteiger partial charge in [-0.3, -0.25) is 4.98 Å². The molecule has 2 rings (SSSR count). The summed E-state index contributed by atoms with van der Waals surface area (Å²) in [6.45, 7) is 6.23. The van der Waals surface area contributed by atoms with Gasteiger partial charge in [-0.05, 0) is 50.6 Å². The number of anilines is 1. The smallest absolute Gasteiger partial charge is 0.407 e. The summed E-state index contributed by atoms with van der Waals surface area (Å²) >= 11 is 0. The summed E-state index contributed by atoms with van der Waals surface area (Å²) in [5, 5.41) is 8.27. The molecule has 1 aromatic heterocycles. The molecule has 7 heteroatoms. The van der Waals surface area contributed by atoms with Gasteiger partial charge in [0.1, 0.15) is 5.60 Å². The van der Waals surface area contributed by atoms with Crippen LogP contribution in [0.3, 0.4) is 0 Å². The van der Waals surface area contributed by atoms with Gasteiger partial charge in [-0.25, -0.2) is 9.59 Å². The van der Waals surface area contributed by atoms with E-state index in [9.17, 15) is 9.59 Å². The summed E-state index contributed by atoms with van der Waals surface area (Å²) in [4.78, 5) is 27.9. The van der Waals surface area contributed by atoms with Crippen molar-refractivity contribution in [3.8, 4) is 0 Å². The number of ether oxygens (including phenoxy) is 1. The first-order valence-electron chi connectivity index (χ1n) is 8.82. The second-order valence-corrected chi connectivity index (χ2v) is 7.01. The topological polar surface area (TPSA) is 92.4 Å². The molecule has 1 aromatic carbocycles. The molecule has 0 aliphatic rings. The Kier molecular flexibility index (Phi) is 7.16. The van der Waals surface area contributed by atoms with Crippen molar-refractivity contribution >= 4 is 17.8 Å². The van der Waals surface area contributed by atoms with Gasteiger partial charge >= 0.3 is 12.1 Å². The van der Waals surface area contributed by atoms with Crippen LogP contribution >= 0.6 is 0 Å². The van der Waals surface area contributed by atoms with Gasteiger partial charge < -0.3 is 20.7 Å². The van der Waals surface area contributed by atoms with Crippen LogP contribution in [-0.2, 0) is 17.7 Å². The molecular formula is C20H26N4O3. The number of rotatable bonds is 6. The monoisotopic (exact) mass is 370 g/mol. The van der Waals surface area contributed by atoms with Crippen molar-refractivity contribution in [2.45, 2.75) is 39.3 Å². The quantitative estimate of drug-likeness (QED) is 0.726.